The van der Waals surface area contributed by atoms with Crippen molar-refractivity contribution in [1.82, 2.24) is 15.5 Å². The van der Waals surface area contributed by atoms with Crippen LogP contribution in [0.3, 0.4) is 0 Å². The fraction of sp³-hybridized carbons (Fsp3) is 0.905. The van der Waals surface area contributed by atoms with Gasteiger partial charge in [-0.05, 0) is 46.5 Å². The second kappa shape index (κ2) is 15.3. The summed E-state index contributed by atoms with van der Waals surface area (Å²) in [5.41, 5.74) is -0.499. The summed E-state index contributed by atoms with van der Waals surface area (Å²) in [6.45, 7) is 16.0. The third-order valence-electron chi connectivity index (χ3n) is 4.12. The van der Waals surface area contributed by atoms with E-state index in [1.807, 2.05) is 27.8 Å². The zero-order valence-corrected chi connectivity index (χ0v) is 19.8. The molecule has 2 N–H and O–H groups in total. The molecule has 0 fully saturated rings. The van der Waals surface area contributed by atoms with Crippen molar-refractivity contribution in [3.8, 4) is 0 Å². The smallest absolute Gasteiger partial charge is 0.407 e. The van der Waals surface area contributed by atoms with Crippen LogP contribution in [0.5, 0.6) is 0 Å². The second-order valence-corrected chi connectivity index (χ2v) is 8.40. The van der Waals surface area contributed by atoms with E-state index in [4.69, 9.17) is 14.2 Å². The molecule has 0 radical (unpaired) electrons. The van der Waals surface area contributed by atoms with Crippen molar-refractivity contribution in [2.75, 3.05) is 53.6 Å². The average molecular weight is 417 g/mol. The molecular weight excluding hydrogens is 372 g/mol. The van der Waals surface area contributed by atoms with E-state index in [-0.39, 0.29) is 12.1 Å². The lowest BCUT2D eigenvalue weighted by atomic mass is 10.0. The van der Waals surface area contributed by atoms with Crippen molar-refractivity contribution in [3.05, 3.63) is 0 Å². The molecule has 0 aromatic heterocycles. The molecule has 1 amide bonds. The van der Waals surface area contributed by atoms with Crippen LogP contribution in [0.15, 0.2) is 4.99 Å². The number of carbonyl (C=O) groups excluding carboxylic acids is 1. The molecule has 8 nitrogen and oxygen atoms in total. The molecule has 0 aliphatic heterocycles. The lowest BCUT2D eigenvalue weighted by molar-refractivity contribution is 0.0486. The predicted molar refractivity (Wildman–Crippen MR) is 119 cm³/mol. The first-order valence-electron chi connectivity index (χ1n) is 10.7. The molecule has 0 aromatic rings. The Kier molecular flexibility index (Phi) is 14.5. The van der Waals surface area contributed by atoms with Gasteiger partial charge < -0.3 is 29.7 Å². The predicted octanol–water partition coefficient (Wildman–Crippen LogP) is 2.88. The van der Waals surface area contributed by atoms with E-state index in [2.05, 4.69) is 41.3 Å². The summed E-state index contributed by atoms with van der Waals surface area (Å²) >= 11 is 0. The summed E-state index contributed by atoms with van der Waals surface area (Å²) in [4.78, 5) is 18.9. The zero-order chi connectivity index (χ0) is 22.3. The highest BCUT2D eigenvalue weighted by molar-refractivity contribution is 5.79. The van der Waals surface area contributed by atoms with Gasteiger partial charge >= 0.3 is 6.09 Å². The normalized spacial score (nSPS) is 13.3. The molecule has 0 saturated heterocycles. The Morgan fingerprint density at radius 3 is 2.41 bits per heavy atom. The van der Waals surface area contributed by atoms with Crippen molar-refractivity contribution in [2.24, 2.45) is 10.9 Å². The van der Waals surface area contributed by atoms with Crippen molar-refractivity contribution < 1.29 is 19.0 Å². The van der Waals surface area contributed by atoms with Gasteiger partial charge in [0.1, 0.15) is 5.60 Å². The molecule has 0 spiro atoms. The highest BCUT2D eigenvalue weighted by atomic mass is 16.6. The lowest BCUT2D eigenvalue weighted by Crippen LogP contribution is -2.45. The number of hydrogen-bond donors (Lipinski definition) is 2. The minimum absolute atomic E-state index is 0.0318. The Hall–Kier alpha value is -1.54. The van der Waals surface area contributed by atoms with Gasteiger partial charge in [-0.3, -0.25) is 4.99 Å². The van der Waals surface area contributed by atoms with Crippen molar-refractivity contribution in [1.29, 1.82) is 0 Å². The van der Waals surface area contributed by atoms with Crippen LogP contribution in [0.1, 0.15) is 54.4 Å². The highest BCUT2D eigenvalue weighted by Crippen LogP contribution is 2.11. The molecule has 8 heteroatoms. The van der Waals surface area contributed by atoms with Gasteiger partial charge in [0, 0.05) is 46.4 Å². The number of hydrogen-bond acceptors (Lipinski definition) is 5. The van der Waals surface area contributed by atoms with Crippen LogP contribution < -0.4 is 10.6 Å². The summed E-state index contributed by atoms with van der Waals surface area (Å²) < 4.78 is 15.8. The van der Waals surface area contributed by atoms with Gasteiger partial charge in [0.15, 0.2) is 5.96 Å². The van der Waals surface area contributed by atoms with Crippen molar-refractivity contribution in [3.63, 3.8) is 0 Å². The van der Waals surface area contributed by atoms with E-state index in [9.17, 15) is 4.79 Å². The minimum Gasteiger partial charge on any atom is -0.444 e. The minimum atomic E-state index is -0.499. The fourth-order valence-electron chi connectivity index (χ4n) is 2.54. The number of aliphatic imine (C=N–C) groups is 1. The number of methoxy groups -OCH3 is 1. The SMILES string of the molecule is CCNC(=NCCCOCCOC)N(C)CCC(NC(=O)OC(C)(C)C)C(C)C. The van der Waals surface area contributed by atoms with E-state index < -0.39 is 5.60 Å². The van der Waals surface area contributed by atoms with Gasteiger partial charge in [0.25, 0.3) is 0 Å². The molecule has 0 saturated carbocycles. The molecule has 0 aromatic carbocycles. The largest absolute Gasteiger partial charge is 0.444 e. The molecule has 0 aliphatic rings. The number of nitrogens with one attached hydrogen (secondary N) is 2. The third kappa shape index (κ3) is 15.0. The van der Waals surface area contributed by atoms with E-state index >= 15 is 0 Å². The quantitative estimate of drug-likeness (QED) is 0.273. The Bertz CT molecular complexity index is 464. The molecule has 0 aliphatic carbocycles. The first kappa shape index (κ1) is 27.5. The monoisotopic (exact) mass is 416 g/mol. The van der Waals surface area contributed by atoms with E-state index in [0.717, 1.165) is 31.9 Å². The maximum absolute atomic E-state index is 12.1. The fourth-order valence-corrected chi connectivity index (χ4v) is 2.54. The summed E-state index contributed by atoms with van der Waals surface area (Å²) in [6.07, 6.45) is 1.30. The first-order valence-corrected chi connectivity index (χ1v) is 10.7. The molecular formula is C21H44N4O4. The van der Waals surface area contributed by atoms with Crippen LogP contribution in [-0.2, 0) is 14.2 Å². The molecule has 1 unspecified atom stereocenters. The van der Waals surface area contributed by atoms with Gasteiger partial charge in [-0.1, -0.05) is 13.8 Å². The maximum atomic E-state index is 12.1. The van der Waals surface area contributed by atoms with Crippen molar-refractivity contribution >= 4 is 12.1 Å². The Labute approximate surface area is 177 Å². The zero-order valence-electron chi connectivity index (χ0n) is 19.8. The molecule has 29 heavy (non-hydrogen) atoms. The summed E-state index contributed by atoms with van der Waals surface area (Å²) in [6, 6.07) is 0.0318. The van der Waals surface area contributed by atoms with Crippen molar-refractivity contribution in [2.45, 2.75) is 66.0 Å². The Balaban J connectivity index is 4.55. The second-order valence-electron chi connectivity index (χ2n) is 8.40. The van der Waals surface area contributed by atoms with Gasteiger partial charge in [-0.25, -0.2) is 4.79 Å². The van der Waals surface area contributed by atoms with E-state index in [1.54, 1.807) is 7.11 Å². The van der Waals surface area contributed by atoms with Crippen LogP contribution in [0.4, 0.5) is 4.79 Å². The van der Waals surface area contributed by atoms with Gasteiger partial charge in [-0.15, -0.1) is 0 Å². The van der Waals surface area contributed by atoms with Crippen LogP contribution in [0.25, 0.3) is 0 Å². The molecule has 1 atom stereocenters. The molecule has 172 valence electrons. The third-order valence-corrected chi connectivity index (χ3v) is 4.12. The number of alkyl carbamates (subject to hydrolysis) is 1. The summed E-state index contributed by atoms with van der Waals surface area (Å²) in [5.74, 6) is 1.17. The van der Waals surface area contributed by atoms with Gasteiger partial charge in [0.05, 0.1) is 13.2 Å². The first-order chi connectivity index (χ1) is 13.6. The Morgan fingerprint density at radius 1 is 1.17 bits per heavy atom. The summed E-state index contributed by atoms with van der Waals surface area (Å²) in [7, 11) is 3.68. The van der Waals surface area contributed by atoms with Gasteiger partial charge in [0.2, 0.25) is 0 Å². The molecule has 0 heterocycles. The van der Waals surface area contributed by atoms with Crippen LogP contribution >= 0.6 is 0 Å². The van der Waals surface area contributed by atoms with Crippen LogP contribution in [0, 0.1) is 5.92 Å². The molecule has 0 rings (SSSR count). The number of guanidine groups is 1. The van der Waals surface area contributed by atoms with Crippen LogP contribution in [0.2, 0.25) is 0 Å². The lowest BCUT2D eigenvalue weighted by Gasteiger charge is -2.28. The standard InChI is InChI=1S/C21H44N4O4/c1-9-22-19(23-12-10-14-28-16-15-27-8)25(7)13-11-18(17(2)3)24-20(26)29-21(4,5)6/h17-18H,9-16H2,1-8H3,(H,22,23)(H,24,26). The van der Waals surface area contributed by atoms with Crippen LogP contribution in [-0.4, -0.2) is 82.2 Å². The van der Waals surface area contributed by atoms with E-state index in [0.29, 0.717) is 32.3 Å². The average Bonchev–Trinajstić information content (AvgIpc) is 2.61. The number of ether oxygens (including phenoxy) is 3. The number of amides is 1. The highest BCUT2D eigenvalue weighted by Gasteiger charge is 2.22. The summed E-state index contributed by atoms with van der Waals surface area (Å²) in [5, 5.41) is 6.32. The topological polar surface area (TPSA) is 84.4 Å². The number of carbonyl (C=O) groups is 1. The maximum Gasteiger partial charge on any atom is 0.407 e. The van der Waals surface area contributed by atoms with Gasteiger partial charge in [-0.2, -0.15) is 0 Å². The molecule has 0 bridgehead atoms. The van der Waals surface area contributed by atoms with E-state index in [1.165, 1.54) is 0 Å². The number of rotatable bonds is 13. The Morgan fingerprint density at radius 2 is 1.86 bits per heavy atom. The number of nitrogens with zero attached hydrogens (tertiary/aromatic N) is 2.